The second-order valence-corrected chi connectivity index (χ2v) is 6.28. The highest BCUT2D eigenvalue weighted by Crippen LogP contribution is 2.28. The van der Waals surface area contributed by atoms with Gasteiger partial charge in [0, 0.05) is 31.3 Å². The summed E-state index contributed by atoms with van der Waals surface area (Å²) >= 11 is 3.40. The summed E-state index contributed by atoms with van der Waals surface area (Å²) in [6.07, 6.45) is 1.74. The number of hydrogen-bond donors (Lipinski definition) is 1. The third-order valence-corrected chi connectivity index (χ3v) is 4.50. The van der Waals surface area contributed by atoms with Gasteiger partial charge in [-0.25, -0.2) is 4.79 Å². The molecule has 0 radical (unpaired) electrons. The van der Waals surface area contributed by atoms with Gasteiger partial charge in [0.2, 0.25) is 0 Å². The molecule has 3 rings (SSSR count). The molecule has 0 aliphatic rings. The molecule has 0 aliphatic carbocycles. The third kappa shape index (κ3) is 2.46. The van der Waals surface area contributed by atoms with Crippen LogP contribution in [-0.4, -0.2) is 25.4 Å². The van der Waals surface area contributed by atoms with Gasteiger partial charge < -0.3 is 9.67 Å². The molecule has 23 heavy (non-hydrogen) atoms. The van der Waals surface area contributed by atoms with Crippen LogP contribution in [0.5, 0.6) is 0 Å². The Morgan fingerprint density at radius 3 is 2.35 bits per heavy atom. The summed E-state index contributed by atoms with van der Waals surface area (Å²) < 4.78 is 5.31. The number of hydrogen-bond acceptors (Lipinski definition) is 3. The molecule has 0 amide bonds. The van der Waals surface area contributed by atoms with E-state index in [-0.39, 0.29) is 17.9 Å². The Morgan fingerprint density at radius 1 is 1.09 bits per heavy atom. The molecule has 0 saturated heterocycles. The Kier molecular flexibility index (Phi) is 3.99. The zero-order valence-electron chi connectivity index (χ0n) is 12.8. The van der Waals surface area contributed by atoms with Crippen molar-refractivity contribution in [2.45, 2.75) is 6.54 Å². The minimum atomic E-state index is -0.369. The molecule has 120 valence electrons. The molecular weight excluding hydrogens is 362 g/mol. The fourth-order valence-corrected chi connectivity index (χ4v) is 3.06. The fraction of sp³-hybridized carbons (Fsp3) is 0.250. The zero-order valence-corrected chi connectivity index (χ0v) is 14.4. The van der Waals surface area contributed by atoms with E-state index in [1.54, 1.807) is 13.2 Å². The summed E-state index contributed by atoms with van der Waals surface area (Å²) in [6.45, 7) is 0.288. The minimum Gasteiger partial charge on any atom is -0.395 e. The van der Waals surface area contributed by atoms with Crippen LogP contribution in [0.4, 0.5) is 0 Å². The van der Waals surface area contributed by atoms with Gasteiger partial charge in [-0.05, 0) is 17.7 Å². The van der Waals surface area contributed by atoms with E-state index in [0.29, 0.717) is 23.1 Å². The molecule has 0 saturated carbocycles. The zero-order chi connectivity index (χ0) is 16.7. The molecule has 0 unspecified atom stereocenters. The second kappa shape index (κ2) is 5.82. The van der Waals surface area contributed by atoms with Crippen molar-refractivity contribution in [2.75, 3.05) is 6.61 Å². The quantitative estimate of drug-likeness (QED) is 0.751. The highest BCUT2D eigenvalue weighted by atomic mass is 79.9. The van der Waals surface area contributed by atoms with E-state index in [9.17, 15) is 14.7 Å². The largest absolute Gasteiger partial charge is 0.395 e. The Labute approximate surface area is 140 Å². The van der Waals surface area contributed by atoms with Gasteiger partial charge in [0.25, 0.3) is 5.56 Å². The van der Waals surface area contributed by atoms with E-state index in [2.05, 4.69) is 15.9 Å². The van der Waals surface area contributed by atoms with Crippen LogP contribution in [0.15, 0.2) is 44.5 Å². The smallest absolute Gasteiger partial charge is 0.330 e. The number of benzene rings is 1. The van der Waals surface area contributed by atoms with Crippen molar-refractivity contribution in [3.8, 4) is 11.3 Å². The molecule has 2 heterocycles. The van der Waals surface area contributed by atoms with Crippen LogP contribution in [0.2, 0.25) is 0 Å². The molecule has 3 aromatic rings. The lowest BCUT2D eigenvalue weighted by Crippen LogP contribution is -2.36. The first-order chi connectivity index (χ1) is 11.0. The van der Waals surface area contributed by atoms with E-state index in [0.717, 1.165) is 14.6 Å². The number of aliphatic hydroxyl groups excluding tert-OH is 1. The second-order valence-electron chi connectivity index (χ2n) is 5.37. The number of nitrogens with zero attached hydrogens (tertiary/aromatic N) is 3. The summed E-state index contributed by atoms with van der Waals surface area (Å²) in [5.74, 6) is 0. The van der Waals surface area contributed by atoms with Crippen LogP contribution in [0.3, 0.4) is 0 Å². The van der Waals surface area contributed by atoms with Crippen LogP contribution in [-0.2, 0) is 20.6 Å². The average molecular weight is 378 g/mol. The van der Waals surface area contributed by atoms with Gasteiger partial charge in [-0.1, -0.05) is 28.1 Å². The lowest BCUT2D eigenvalue weighted by molar-refractivity contribution is 0.277. The number of aromatic nitrogens is 3. The Balaban J connectivity index is 2.48. The number of fused-ring (bicyclic) bond motifs is 1. The average Bonchev–Trinajstić information content (AvgIpc) is 2.91. The van der Waals surface area contributed by atoms with Gasteiger partial charge in [0.05, 0.1) is 23.2 Å². The SMILES string of the molecule is Cn1c(=O)c2c(-c3ccc(Br)cc3)n(CCO)cc2n(C)c1=O. The highest BCUT2D eigenvalue weighted by molar-refractivity contribution is 9.10. The van der Waals surface area contributed by atoms with Crippen molar-refractivity contribution < 1.29 is 5.11 Å². The van der Waals surface area contributed by atoms with Crippen LogP contribution in [0.1, 0.15) is 0 Å². The van der Waals surface area contributed by atoms with E-state index in [1.807, 2.05) is 28.8 Å². The maximum absolute atomic E-state index is 12.6. The normalized spacial score (nSPS) is 11.3. The first-order valence-electron chi connectivity index (χ1n) is 7.11. The predicted octanol–water partition coefficient (Wildman–Crippen LogP) is 1.46. The topological polar surface area (TPSA) is 69.2 Å². The summed E-state index contributed by atoms with van der Waals surface area (Å²) in [7, 11) is 3.11. The van der Waals surface area contributed by atoms with E-state index >= 15 is 0 Å². The summed E-state index contributed by atoms with van der Waals surface area (Å²) in [5.41, 5.74) is 1.42. The first kappa shape index (κ1) is 15.8. The van der Waals surface area contributed by atoms with Crippen molar-refractivity contribution in [2.24, 2.45) is 14.1 Å². The van der Waals surface area contributed by atoms with Crippen molar-refractivity contribution in [1.29, 1.82) is 0 Å². The number of aliphatic hydroxyl groups is 1. The number of aryl methyl sites for hydroxylation is 1. The first-order valence-corrected chi connectivity index (χ1v) is 7.90. The number of rotatable bonds is 3. The Morgan fingerprint density at radius 2 is 1.74 bits per heavy atom. The standard InChI is InChI=1S/C16H16BrN3O3/c1-18-12-9-20(7-8-21)14(10-3-5-11(17)6-4-10)13(12)15(22)19(2)16(18)23/h3-6,9,21H,7-8H2,1-2H3. The van der Waals surface area contributed by atoms with Gasteiger partial charge in [0.1, 0.15) is 0 Å². The monoisotopic (exact) mass is 377 g/mol. The summed E-state index contributed by atoms with van der Waals surface area (Å²) in [5, 5.41) is 9.81. The molecule has 0 atom stereocenters. The van der Waals surface area contributed by atoms with Crippen LogP contribution in [0, 0.1) is 0 Å². The van der Waals surface area contributed by atoms with Crippen molar-refractivity contribution in [3.05, 3.63) is 55.8 Å². The predicted molar refractivity (Wildman–Crippen MR) is 92.6 cm³/mol. The molecule has 7 heteroatoms. The van der Waals surface area contributed by atoms with Gasteiger partial charge in [0.15, 0.2) is 0 Å². The van der Waals surface area contributed by atoms with Gasteiger partial charge in [-0.3, -0.25) is 13.9 Å². The van der Waals surface area contributed by atoms with E-state index in [1.165, 1.54) is 11.6 Å². The molecule has 0 spiro atoms. The lowest BCUT2D eigenvalue weighted by atomic mass is 10.1. The maximum atomic E-state index is 12.6. The fourth-order valence-electron chi connectivity index (χ4n) is 2.79. The molecule has 0 fully saturated rings. The van der Waals surface area contributed by atoms with E-state index < -0.39 is 0 Å². The molecule has 6 nitrogen and oxygen atoms in total. The molecule has 0 bridgehead atoms. The van der Waals surface area contributed by atoms with Crippen molar-refractivity contribution >= 4 is 26.8 Å². The van der Waals surface area contributed by atoms with Crippen LogP contribution >= 0.6 is 15.9 Å². The molecule has 2 aromatic heterocycles. The third-order valence-electron chi connectivity index (χ3n) is 3.97. The van der Waals surface area contributed by atoms with Crippen LogP contribution in [0.25, 0.3) is 22.2 Å². The van der Waals surface area contributed by atoms with Crippen molar-refractivity contribution in [3.63, 3.8) is 0 Å². The Hall–Kier alpha value is -2.12. The van der Waals surface area contributed by atoms with Crippen molar-refractivity contribution in [1.82, 2.24) is 13.7 Å². The van der Waals surface area contributed by atoms with Gasteiger partial charge in [-0.15, -0.1) is 0 Å². The highest BCUT2D eigenvalue weighted by Gasteiger charge is 2.18. The van der Waals surface area contributed by atoms with Gasteiger partial charge in [-0.2, -0.15) is 0 Å². The Bertz CT molecular complexity index is 997. The molecule has 0 aliphatic heterocycles. The number of halogens is 1. The van der Waals surface area contributed by atoms with Crippen LogP contribution < -0.4 is 11.2 Å². The molecule has 1 N–H and O–H groups in total. The van der Waals surface area contributed by atoms with Gasteiger partial charge >= 0.3 is 5.69 Å². The minimum absolute atomic E-state index is 0.0568. The summed E-state index contributed by atoms with van der Waals surface area (Å²) in [4.78, 5) is 24.8. The van der Waals surface area contributed by atoms with E-state index in [4.69, 9.17) is 0 Å². The lowest BCUT2D eigenvalue weighted by Gasteiger charge is -2.09. The molecular formula is C16H16BrN3O3. The molecule has 1 aromatic carbocycles. The maximum Gasteiger partial charge on any atom is 0.330 e. The summed E-state index contributed by atoms with van der Waals surface area (Å²) in [6, 6.07) is 7.59.